The van der Waals surface area contributed by atoms with Gasteiger partial charge in [0.2, 0.25) is 0 Å². The Labute approximate surface area is 104 Å². The van der Waals surface area contributed by atoms with Crippen LogP contribution in [0, 0.1) is 6.92 Å². The third-order valence-electron chi connectivity index (χ3n) is 2.46. The molecule has 0 aliphatic heterocycles. The molecule has 0 radical (unpaired) electrons. The first kappa shape index (κ1) is 12.0. The molecular formula is C13H13N3O2. The van der Waals surface area contributed by atoms with E-state index in [1.165, 1.54) is 6.07 Å². The van der Waals surface area contributed by atoms with E-state index < -0.39 is 5.91 Å². The molecule has 0 atom stereocenters. The smallest absolute Gasteiger partial charge is 0.260 e. The van der Waals surface area contributed by atoms with Crippen molar-refractivity contribution in [2.24, 2.45) is 0 Å². The number of hydrogen-bond donors (Lipinski definition) is 2. The van der Waals surface area contributed by atoms with Crippen molar-refractivity contribution >= 4 is 5.91 Å². The summed E-state index contributed by atoms with van der Waals surface area (Å²) in [6.07, 6.45) is 1.65. The third kappa shape index (κ3) is 2.82. The summed E-state index contributed by atoms with van der Waals surface area (Å²) in [5.74, 6) is -0.401. The van der Waals surface area contributed by atoms with E-state index in [0.29, 0.717) is 6.54 Å². The summed E-state index contributed by atoms with van der Waals surface area (Å²) in [4.78, 5) is 30.0. The number of H-pyrrole nitrogens is 1. The summed E-state index contributed by atoms with van der Waals surface area (Å²) in [7, 11) is 0. The largest absolute Gasteiger partial charge is 0.346 e. The number of nitrogens with one attached hydrogen (secondary N) is 2. The molecule has 2 aromatic rings. The van der Waals surface area contributed by atoms with Gasteiger partial charge in [-0.05, 0) is 31.2 Å². The molecule has 2 rings (SSSR count). The second-order valence-corrected chi connectivity index (χ2v) is 3.89. The van der Waals surface area contributed by atoms with Crippen molar-refractivity contribution in [2.75, 3.05) is 0 Å². The van der Waals surface area contributed by atoms with Crippen LogP contribution < -0.4 is 10.9 Å². The quantitative estimate of drug-likeness (QED) is 0.844. The first-order valence-corrected chi connectivity index (χ1v) is 5.55. The lowest BCUT2D eigenvalue weighted by Gasteiger charge is -2.04. The zero-order valence-electron chi connectivity index (χ0n) is 9.93. The molecule has 0 aromatic carbocycles. The van der Waals surface area contributed by atoms with E-state index in [0.717, 1.165) is 11.4 Å². The maximum atomic E-state index is 11.8. The Morgan fingerprint density at radius 1 is 1.33 bits per heavy atom. The highest BCUT2D eigenvalue weighted by Crippen LogP contribution is 1.96. The van der Waals surface area contributed by atoms with Crippen molar-refractivity contribution in [3.63, 3.8) is 0 Å². The molecule has 1 amide bonds. The second kappa shape index (κ2) is 5.27. The summed E-state index contributed by atoms with van der Waals surface area (Å²) < 4.78 is 0. The van der Waals surface area contributed by atoms with Crippen LogP contribution in [0.15, 0.2) is 41.3 Å². The number of rotatable bonds is 3. The zero-order valence-corrected chi connectivity index (χ0v) is 9.93. The first-order valence-electron chi connectivity index (χ1n) is 5.55. The molecule has 92 valence electrons. The second-order valence-electron chi connectivity index (χ2n) is 3.89. The van der Waals surface area contributed by atoms with Crippen LogP contribution in [0.25, 0.3) is 0 Å². The molecule has 2 heterocycles. The van der Waals surface area contributed by atoms with Gasteiger partial charge < -0.3 is 10.3 Å². The maximum absolute atomic E-state index is 11.8. The van der Waals surface area contributed by atoms with Crippen LogP contribution in [0.4, 0.5) is 0 Å². The average molecular weight is 243 g/mol. The Kier molecular flexibility index (Phi) is 3.52. The van der Waals surface area contributed by atoms with Crippen LogP contribution in [0.3, 0.4) is 0 Å². The van der Waals surface area contributed by atoms with Crippen LogP contribution >= 0.6 is 0 Å². The van der Waals surface area contributed by atoms with Gasteiger partial charge in [0.15, 0.2) is 0 Å². The summed E-state index contributed by atoms with van der Waals surface area (Å²) in [5, 5.41) is 2.65. The monoisotopic (exact) mass is 243 g/mol. The van der Waals surface area contributed by atoms with Crippen molar-refractivity contribution in [3.8, 4) is 0 Å². The molecule has 0 aliphatic carbocycles. The van der Waals surface area contributed by atoms with E-state index >= 15 is 0 Å². The number of nitrogens with zero attached hydrogens (tertiary/aromatic N) is 1. The van der Waals surface area contributed by atoms with Gasteiger partial charge >= 0.3 is 0 Å². The number of aromatic nitrogens is 2. The summed E-state index contributed by atoms with van der Waals surface area (Å²) in [6, 6.07) is 8.65. The van der Waals surface area contributed by atoms with Gasteiger partial charge in [0.05, 0.1) is 12.2 Å². The third-order valence-corrected chi connectivity index (χ3v) is 2.46. The van der Waals surface area contributed by atoms with Crippen molar-refractivity contribution < 1.29 is 4.79 Å². The van der Waals surface area contributed by atoms with E-state index in [2.05, 4.69) is 15.3 Å². The van der Waals surface area contributed by atoms with Gasteiger partial charge in [-0.2, -0.15) is 0 Å². The van der Waals surface area contributed by atoms with E-state index in [1.807, 2.05) is 6.07 Å². The minimum absolute atomic E-state index is 0.108. The number of amides is 1. The lowest BCUT2D eigenvalue weighted by atomic mass is 10.2. The molecule has 2 N–H and O–H groups in total. The Morgan fingerprint density at radius 2 is 2.17 bits per heavy atom. The van der Waals surface area contributed by atoms with Crippen molar-refractivity contribution in [1.29, 1.82) is 0 Å². The van der Waals surface area contributed by atoms with Gasteiger partial charge in [0.1, 0.15) is 5.56 Å². The molecule has 18 heavy (non-hydrogen) atoms. The minimum atomic E-state index is -0.401. The van der Waals surface area contributed by atoms with Crippen molar-refractivity contribution in [3.05, 3.63) is 63.8 Å². The highest BCUT2D eigenvalue weighted by Gasteiger charge is 2.09. The predicted octanol–water partition coefficient (Wildman–Crippen LogP) is 1.01. The van der Waals surface area contributed by atoms with Crippen molar-refractivity contribution in [1.82, 2.24) is 15.3 Å². The number of aryl methyl sites for hydroxylation is 1. The van der Waals surface area contributed by atoms with E-state index in [1.54, 1.807) is 31.3 Å². The molecule has 0 saturated carbocycles. The van der Waals surface area contributed by atoms with Crippen LogP contribution in [0.1, 0.15) is 21.7 Å². The number of hydrogen-bond acceptors (Lipinski definition) is 3. The van der Waals surface area contributed by atoms with Crippen LogP contribution in [-0.4, -0.2) is 15.9 Å². The predicted molar refractivity (Wildman–Crippen MR) is 67.2 cm³/mol. The number of pyridine rings is 2. The Balaban J connectivity index is 2.06. The van der Waals surface area contributed by atoms with Crippen molar-refractivity contribution in [2.45, 2.75) is 13.5 Å². The fraction of sp³-hybridized carbons (Fsp3) is 0.154. The van der Waals surface area contributed by atoms with Gasteiger partial charge in [-0.15, -0.1) is 0 Å². The molecule has 5 heteroatoms. The fourth-order valence-corrected chi connectivity index (χ4v) is 1.52. The number of carbonyl (C=O) groups excluding carboxylic acids is 1. The lowest BCUT2D eigenvalue weighted by Crippen LogP contribution is -2.29. The molecule has 5 nitrogen and oxygen atoms in total. The zero-order chi connectivity index (χ0) is 13.0. The summed E-state index contributed by atoms with van der Waals surface area (Å²) >= 11 is 0. The molecule has 0 spiro atoms. The topological polar surface area (TPSA) is 74.8 Å². The fourth-order valence-electron chi connectivity index (χ4n) is 1.52. The normalized spacial score (nSPS) is 10.1. The number of carbonyl (C=O) groups is 1. The highest BCUT2D eigenvalue weighted by molar-refractivity contribution is 5.93. The average Bonchev–Trinajstić information content (AvgIpc) is 2.37. The molecule has 0 aliphatic rings. The molecule has 0 fully saturated rings. The lowest BCUT2D eigenvalue weighted by molar-refractivity contribution is 0.0949. The van der Waals surface area contributed by atoms with E-state index in [9.17, 15) is 9.59 Å². The van der Waals surface area contributed by atoms with Crippen LogP contribution in [0.2, 0.25) is 0 Å². The SMILES string of the molecule is Cc1ccc(C(=O)NCc2ccccn2)c(=O)[nH]1. The first-order chi connectivity index (χ1) is 8.66. The molecule has 0 bridgehead atoms. The summed E-state index contributed by atoms with van der Waals surface area (Å²) in [6.45, 7) is 2.06. The van der Waals surface area contributed by atoms with Gasteiger partial charge in [0.25, 0.3) is 11.5 Å². The Bertz CT molecular complexity index is 605. The van der Waals surface area contributed by atoms with Gasteiger partial charge in [-0.25, -0.2) is 0 Å². The molecule has 2 aromatic heterocycles. The van der Waals surface area contributed by atoms with E-state index in [4.69, 9.17) is 0 Å². The van der Waals surface area contributed by atoms with Gasteiger partial charge in [0, 0.05) is 11.9 Å². The maximum Gasteiger partial charge on any atom is 0.260 e. The Morgan fingerprint density at radius 3 is 2.83 bits per heavy atom. The van der Waals surface area contributed by atoms with Crippen LogP contribution in [-0.2, 0) is 6.54 Å². The minimum Gasteiger partial charge on any atom is -0.346 e. The van der Waals surface area contributed by atoms with Crippen LogP contribution in [0.5, 0.6) is 0 Å². The Hall–Kier alpha value is -2.43. The molecular weight excluding hydrogens is 230 g/mol. The molecule has 0 saturated heterocycles. The summed E-state index contributed by atoms with van der Waals surface area (Å²) in [5.41, 5.74) is 1.20. The van der Waals surface area contributed by atoms with E-state index in [-0.39, 0.29) is 11.1 Å². The highest BCUT2D eigenvalue weighted by atomic mass is 16.2. The number of aromatic amines is 1. The van der Waals surface area contributed by atoms with Gasteiger partial charge in [-0.3, -0.25) is 14.6 Å². The van der Waals surface area contributed by atoms with Gasteiger partial charge in [-0.1, -0.05) is 6.07 Å². The standard InChI is InChI=1S/C13H13N3O2/c1-9-5-6-11(13(18)16-9)12(17)15-8-10-4-2-3-7-14-10/h2-7H,8H2,1H3,(H,15,17)(H,16,18). The molecule has 0 unspecified atom stereocenters.